The molecule has 1 atom stereocenters. The monoisotopic (exact) mass is 326 g/mol. The zero-order valence-electron chi connectivity index (χ0n) is 13.2. The molecule has 0 fully saturated rings. The Morgan fingerprint density at radius 2 is 2.04 bits per heavy atom. The van der Waals surface area contributed by atoms with Gasteiger partial charge in [0, 0.05) is 6.54 Å². The van der Waals surface area contributed by atoms with E-state index in [0.29, 0.717) is 5.56 Å². The largest absolute Gasteiger partial charge is 0.508 e. The van der Waals surface area contributed by atoms with Gasteiger partial charge in [0.05, 0.1) is 19.1 Å². The van der Waals surface area contributed by atoms with E-state index in [0.717, 1.165) is 11.3 Å². The third-order valence-electron chi connectivity index (χ3n) is 3.41. The number of amides is 1. The fourth-order valence-electron chi connectivity index (χ4n) is 2.09. The fourth-order valence-corrected chi connectivity index (χ4v) is 2.09. The minimum atomic E-state index is -0.605. The van der Waals surface area contributed by atoms with Crippen molar-refractivity contribution in [2.45, 2.75) is 12.5 Å². The molecule has 0 saturated carbocycles. The molecule has 1 unspecified atom stereocenters. The van der Waals surface area contributed by atoms with Gasteiger partial charge in [-0.05, 0) is 35.4 Å². The first kappa shape index (κ1) is 17.2. The molecule has 24 heavy (non-hydrogen) atoms. The molecule has 0 aliphatic carbocycles. The summed E-state index contributed by atoms with van der Waals surface area (Å²) in [6.45, 7) is 0.223. The highest BCUT2D eigenvalue weighted by atomic mass is 16.5. The number of nitrogens with zero attached hydrogens (tertiary/aromatic N) is 1. The second kappa shape index (κ2) is 8.44. The molecule has 6 nitrogen and oxygen atoms in total. The van der Waals surface area contributed by atoms with E-state index in [1.165, 1.54) is 12.1 Å². The van der Waals surface area contributed by atoms with Crippen molar-refractivity contribution in [2.75, 3.05) is 13.7 Å². The number of rotatable bonds is 6. The van der Waals surface area contributed by atoms with Gasteiger partial charge >= 0.3 is 6.09 Å². The number of nitrogens with one attached hydrogen (secondary N) is 1. The van der Waals surface area contributed by atoms with Crippen molar-refractivity contribution in [3.63, 3.8) is 0 Å². The first-order chi connectivity index (χ1) is 11.6. The summed E-state index contributed by atoms with van der Waals surface area (Å²) in [5.41, 5.74) is 1.46. The number of methoxy groups -OCH3 is 1. The van der Waals surface area contributed by atoms with Gasteiger partial charge in [-0.2, -0.15) is 5.26 Å². The van der Waals surface area contributed by atoms with Crippen molar-refractivity contribution >= 4 is 6.09 Å². The van der Waals surface area contributed by atoms with Crippen molar-refractivity contribution in [1.29, 1.82) is 5.26 Å². The van der Waals surface area contributed by atoms with Crippen LogP contribution in [0, 0.1) is 11.3 Å². The lowest BCUT2D eigenvalue weighted by Crippen LogP contribution is -2.28. The highest BCUT2D eigenvalue weighted by Crippen LogP contribution is 2.19. The SMILES string of the molecule is COc1ccc(COC(=O)NCC(C#N)c2cccc(O)c2)cc1. The van der Waals surface area contributed by atoms with E-state index in [4.69, 9.17) is 9.47 Å². The van der Waals surface area contributed by atoms with Gasteiger partial charge in [-0.25, -0.2) is 4.79 Å². The molecule has 6 heteroatoms. The van der Waals surface area contributed by atoms with Crippen molar-refractivity contribution in [2.24, 2.45) is 0 Å². The Hall–Kier alpha value is -3.20. The van der Waals surface area contributed by atoms with Gasteiger partial charge in [-0.3, -0.25) is 0 Å². The highest BCUT2D eigenvalue weighted by Gasteiger charge is 2.13. The number of phenols is 1. The normalized spacial score (nSPS) is 11.2. The van der Waals surface area contributed by atoms with E-state index in [1.54, 1.807) is 43.5 Å². The third-order valence-corrected chi connectivity index (χ3v) is 3.41. The minimum absolute atomic E-state index is 0.0785. The molecule has 0 saturated heterocycles. The number of alkyl carbamates (subject to hydrolysis) is 1. The van der Waals surface area contributed by atoms with Crippen LogP contribution in [0.5, 0.6) is 11.5 Å². The van der Waals surface area contributed by atoms with Gasteiger partial charge in [0.25, 0.3) is 0 Å². The standard InChI is InChI=1S/C18H18N2O4/c1-23-17-7-5-13(6-8-17)12-24-18(22)20-11-15(10-19)14-3-2-4-16(21)9-14/h2-9,15,21H,11-12H2,1H3,(H,20,22). The summed E-state index contributed by atoms with van der Waals surface area (Å²) in [5, 5.41) is 21.2. The zero-order valence-corrected chi connectivity index (χ0v) is 13.2. The van der Waals surface area contributed by atoms with Gasteiger partial charge in [0.2, 0.25) is 0 Å². The zero-order chi connectivity index (χ0) is 17.4. The summed E-state index contributed by atoms with van der Waals surface area (Å²) in [6, 6.07) is 15.7. The van der Waals surface area contributed by atoms with Crippen molar-refractivity contribution in [3.05, 3.63) is 59.7 Å². The molecule has 0 spiro atoms. The van der Waals surface area contributed by atoms with E-state index in [9.17, 15) is 15.2 Å². The number of aromatic hydroxyl groups is 1. The number of hydrogen-bond acceptors (Lipinski definition) is 5. The van der Waals surface area contributed by atoms with Crippen LogP contribution in [0.1, 0.15) is 17.0 Å². The maximum atomic E-state index is 11.7. The van der Waals surface area contributed by atoms with Crippen LogP contribution >= 0.6 is 0 Å². The molecule has 0 aliphatic rings. The molecule has 2 N–H and O–H groups in total. The number of benzene rings is 2. The highest BCUT2D eigenvalue weighted by molar-refractivity contribution is 5.67. The molecule has 124 valence electrons. The summed E-state index contributed by atoms with van der Waals surface area (Å²) >= 11 is 0. The van der Waals surface area contributed by atoms with Crippen LogP contribution in [0.4, 0.5) is 4.79 Å². The molecule has 1 amide bonds. The summed E-state index contributed by atoms with van der Waals surface area (Å²) in [7, 11) is 1.58. The van der Waals surface area contributed by atoms with Crippen molar-refractivity contribution in [1.82, 2.24) is 5.32 Å². The maximum absolute atomic E-state index is 11.7. The summed E-state index contributed by atoms with van der Waals surface area (Å²) in [5.74, 6) is 0.242. The summed E-state index contributed by atoms with van der Waals surface area (Å²) < 4.78 is 10.2. The van der Waals surface area contributed by atoms with Gasteiger partial charge in [0.1, 0.15) is 18.1 Å². The second-order valence-electron chi connectivity index (χ2n) is 5.08. The van der Waals surface area contributed by atoms with Gasteiger partial charge in [0.15, 0.2) is 0 Å². The number of phenolic OH excluding ortho intramolecular Hbond substituents is 1. The molecule has 0 radical (unpaired) electrons. The summed E-state index contributed by atoms with van der Waals surface area (Å²) in [6.07, 6.45) is -0.605. The Bertz CT molecular complexity index is 723. The number of carbonyl (C=O) groups is 1. The Kier molecular flexibility index (Phi) is 6.03. The van der Waals surface area contributed by atoms with E-state index >= 15 is 0 Å². The van der Waals surface area contributed by atoms with Crippen LogP contribution in [-0.4, -0.2) is 24.9 Å². The average Bonchev–Trinajstić information content (AvgIpc) is 2.61. The van der Waals surface area contributed by atoms with Crippen LogP contribution in [0.3, 0.4) is 0 Å². The molecule has 0 bridgehead atoms. The number of carbonyl (C=O) groups excluding carboxylic acids is 1. The van der Waals surface area contributed by atoms with Crippen molar-refractivity contribution in [3.8, 4) is 17.6 Å². The predicted molar refractivity (Wildman–Crippen MR) is 87.6 cm³/mol. The average molecular weight is 326 g/mol. The topological polar surface area (TPSA) is 91.6 Å². The van der Waals surface area contributed by atoms with Crippen LogP contribution in [0.2, 0.25) is 0 Å². The lowest BCUT2D eigenvalue weighted by Gasteiger charge is -2.12. The minimum Gasteiger partial charge on any atom is -0.508 e. The first-order valence-corrected chi connectivity index (χ1v) is 7.34. The smallest absolute Gasteiger partial charge is 0.407 e. The van der Waals surface area contributed by atoms with Crippen LogP contribution in [0.15, 0.2) is 48.5 Å². The molecule has 2 aromatic rings. The lowest BCUT2D eigenvalue weighted by molar-refractivity contribution is 0.139. The van der Waals surface area contributed by atoms with E-state index in [1.807, 2.05) is 0 Å². The quantitative estimate of drug-likeness (QED) is 0.851. The Labute approximate surface area is 140 Å². The predicted octanol–water partition coefficient (Wildman–Crippen LogP) is 2.93. The molecule has 0 heterocycles. The summed E-state index contributed by atoms with van der Waals surface area (Å²) in [4.78, 5) is 11.7. The first-order valence-electron chi connectivity index (χ1n) is 7.34. The van der Waals surface area contributed by atoms with E-state index < -0.39 is 12.0 Å². The molecule has 0 aliphatic heterocycles. The maximum Gasteiger partial charge on any atom is 0.407 e. The third kappa shape index (κ3) is 4.92. The molecular formula is C18H18N2O4. The van der Waals surface area contributed by atoms with Gasteiger partial charge in [-0.15, -0.1) is 0 Å². The molecule has 2 aromatic carbocycles. The number of hydrogen-bond donors (Lipinski definition) is 2. The van der Waals surface area contributed by atoms with Crippen molar-refractivity contribution < 1.29 is 19.4 Å². The molecule has 2 rings (SSSR count). The Morgan fingerprint density at radius 3 is 2.67 bits per heavy atom. The number of ether oxygens (including phenoxy) is 2. The second-order valence-corrected chi connectivity index (χ2v) is 5.08. The molecule has 0 aromatic heterocycles. The van der Waals surface area contributed by atoms with Gasteiger partial charge in [-0.1, -0.05) is 24.3 Å². The van der Waals surface area contributed by atoms with Gasteiger partial charge < -0.3 is 19.9 Å². The number of nitriles is 1. The van der Waals surface area contributed by atoms with E-state index in [2.05, 4.69) is 11.4 Å². The van der Waals surface area contributed by atoms with Crippen LogP contribution < -0.4 is 10.1 Å². The lowest BCUT2D eigenvalue weighted by atomic mass is 10.0. The van der Waals surface area contributed by atoms with Crippen LogP contribution in [0.25, 0.3) is 0 Å². The molecular weight excluding hydrogens is 308 g/mol. The van der Waals surface area contributed by atoms with E-state index in [-0.39, 0.29) is 18.9 Å². The Morgan fingerprint density at radius 1 is 1.29 bits per heavy atom. The Balaban J connectivity index is 1.82. The van der Waals surface area contributed by atoms with Crippen LogP contribution in [-0.2, 0) is 11.3 Å². The fraction of sp³-hybridized carbons (Fsp3) is 0.222.